The predicted molar refractivity (Wildman–Crippen MR) is 123 cm³/mol. The molecule has 0 aliphatic carbocycles. The van der Waals surface area contributed by atoms with Gasteiger partial charge in [-0.05, 0) is 37.3 Å². The number of aromatic nitrogens is 3. The van der Waals surface area contributed by atoms with Crippen molar-refractivity contribution in [2.24, 2.45) is 0 Å². The number of piperazine rings is 1. The van der Waals surface area contributed by atoms with E-state index in [-0.39, 0.29) is 23.6 Å². The highest BCUT2D eigenvalue weighted by molar-refractivity contribution is 7.99. The fraction of sp³-hybridized carbons (Fsp3) is 0.364. The molecule has 2 amide bonds. The number of hydrogen-bond acceptors (Lipinski definition) is 6. The first-order chi connectivity index (χ1) is 15.5. The van der Waals surface area contributed by atoms with E-state index in [1.807, 2.05) is 52.5 Å². The fourth-order valence-corrected chi connectivity index (χ4v) is 4.79. The predicted octanol–water partition coefficient (Wildman–Crippen LogP) is 3.74. The normalized spacial score (nSPS) is 16.4. The second-order valence-corrected chi connectivity index (χ2v) is 8.90. The molecule has 0 saturated carbocycles. The number of thioether (sulfide) groups is 1. The molecule has 1 aromatic carbocycles. The summed E-state index contributed by atoms with van der Waals surface area (Å²) in [4.78, 5) is 28.6. The van der Waals surface area contributed by atoms with E-state index in [2.05, 4.69) is 10.2 Å². The Balaban J connectivity index is 1.50. The summed E-state index contributed by atoms with van der Waals surface area (Å²) in [6, 6.07) is 11.0. The first kappa shape index (κ1) is 22.4. The monoisotopic (exact) mass is 473 g/mol. The molecular weight excluding hydrogens is 450 g/mol. The molecular formula is C22H24ClN5O3S. The standard InChI is InChI=1S/C22H24ClN5O3S/c1-3-19(29)27-10-9-26(13-15(27)2)20(30)14-32-22-25-24-21(18-8-5-11-31-18)28(22)17-7-4-6-16(23)12-17/h4-8,11-12,15H,3,9-10,13-14H2,1-2H3. The number of benzene rings is 1. The maximum Gasteiger partial charge on any atom is 0.233 e. The Labute approximate surface area is 195 Å². The van der Waals surface area contributed by atoms with Gasteiger partial charge in [0.25, 0.3) is 0 Å². The van der Waals surface area contributed by atoms with Crippen LogP contribution in [0.3, 0.4) is 0 Å². The third kappa shape index (κ3) is 4.68. The molecule has 0 spiro atoms. The fourth-order valence-electron chi connectivity index (χ4n) is 3.75. The largest absolute Gasteiger partial charge is 0.461 e. The molecule has 1 atom stereocenters. The summed E-state index contributed by atoms with van der Waals surface area (Å²) in [6.07, 6.45) is 2.05. The zero-order valence-corrected chi connectivity index (χ0v) is 19.5. The van der Waals surface area contributed by atoms with Gasteiger partial charge in [-0.2, -0.15) is 0 Å². The Morgan fingerprint density at radius 1 is 1.19 bits per heavy atom. The number of furan rings is 1. The van der Waals surface area contributed by atoms with Crippen molar-refractivity contribution in [2.45, 2.75) is 31.5 Å². The Bertz CT molecular complexity index is 1100. The molecule has 32 heavy (non-hydrogen) atoms. The summed E-state index contributed by atoms with van der Waals surface area (Å²) in [5.74, 6) is 1.45. The quantitative estimate of drug-likeness (QED) is 0.507. The van der Waals surface area contributed by atoms with Gasteiger partial charge in [-0.1, -0.05) is 36.4 Å². The van der Waals surface area contributed by atoms with Crippen LogP contribution in [0.25, 0.3) is 17.3 Å². The van der Waals surface area contributed by atoms with E-state index in [4.69, 9.17) is 16.0 Å². The summed E-state index contributed by atoms with van der Waals surface area (Å²) in [7, 11) is 0. The van der Waals surface area contributed by atoms with Crippen molar-refractivity contribution >= 4 is 35.2 Å². The lowest BCUT2D eigenvalue weighted by atomic mass is 10.2. The van der Waals surface area contributed by atoms with Crippen LogP contribution in [0, 0.1) is 0 Å². The molecule has 3 heterocycles. The van der Waals surface area contributed by atoms with Crippen LogP contribution in [0.1, 0.15) is 20.3 Å². The summed E-state index contributed by atoms with van der Waals surface area (Å²) in [5, 5.41) is 9.75. The molecule has 1 fully saturated rings. The number of amides is 2. The summed E-state index contributed by atoms with van der Waals surface area (Å²) in [5.41, 5.74) is 0.782. The SMILES string of the molecule is CCC(=O)N1CCN(C(=O)CSc2nnc(-c3ccco3)n2-c2cccc(Cl)c2)CC1C. The van der Waals surface area contributed by atoms with Crippen LogP contribution in [0.4, 0.5) is 0 Å². The van der Waals surface area contributed by atoms with Gasteiger partial charge >= 0.3 is 0 Å². The van der Waals surface area contributed by atoms with Crippen molar-refractivity contribution in [1.29, 1.82) is 0 Å². The zero-order chi connectivity index (χ0) is 22.7. The molecule has 3 aromatic rings. The van der Waals surface area contributed by atoms with E-state index >= 15 is 0 Å². The molecule has 2 aromatic heterocycles. The maximum absolute atomic E-state index is 12.9. The molecule has 0 radical (unpaired) electrons. The Morgan fingerprint density at radius 2 is 2.03 bits per heavy atom. The van der Waals surface area contributed by atoms with Crippen molar-refractivity contribution < 1.29 is 14.0 Å². The van der Waals surface area contributed by atoms with Gasteiger partial charge in [0.15, 0.2) is 10.9 Å². The van der Waals surface area contributed by atoms with E-state index in [1.54, 1.807) is 18.4 Å². The average molecular weight is 474 g/mol. The van der Waals surface area contributed by atoms with Gasteiger partial charge in [0.1, 0.15) is 0 Å². The molecule has 1 aliphatic rings. The van der Waals surface area contributed by atoms with Gasteiger partial charge in [0.2, 0.25) is 17.6 Å². The van der Waals surface area contributed by atoms with Crippen LogP contribution in [-0.2, 0) is 9.59 Å². The third-order valence-corrected chi connectivity index (χ3v) is 6.52. The van der Waals surface area contributed by atoms with Gasteiger partial charge in [0, 0.05) is 37.1 Å². The second-order valence-electron chi connectivity index (χ2n) is 7.52. The number of halogens is 1. The Kier molecular flexibility index (Phi) is 6.86. The van der Waals surface area contributed by atoms with E-state index in [1.165, 1.54) is 11.8 Å². The molecule has 0 bridgehead atoms. The minimum Gasteiger partial charge on any atom is -0.461 e. The maximum atomic E-state index is 12.9. The molecule has 4 rings (SSSR count). The van der Waals surface area contributed by atoms with Crippen molar-refractivity contribution in [2.75, 3.05) is 25.4 Å². The van der Waals surface area contributed by atoms with Gasteiger partial charge < -0.3 is 14.2 Å². The molecule has 168 valence electrons. The number of nitrogens with zero attached hydrogens (tertiary/aromatic N) is 5. The van der Waals surface area contributed by atoms with Crippen molar-refractivity contribution in [1.82, 2.24) is 24.6 Å². The lowest BCUT2D eigenvalue weighted by Gasteiger charge is -2.39. The third-order valence-electron chi connectivity index (χ3n) is 5.37. The lowest BCUT2D eigenvalue weighted by molar-refractivity contribution is -0.141. The molecule has 8 nitrogen and oxygen atoms in total. The topological polar surface area (TPSA) is 84.5 Å². The van der Waals surface area contributed by atoms with Crippen molar-refractivity contribution in [3.8, 4) is 17.3 Å². The van der Waals surface area contributed by atoms with E-state index in [0.29, 0.717) is 47.8 Å². The average Bonchev–Trinajstić information content (AvgIpc) is 3.46. The Morgan fingerprint density at radius 3 is 2.72 bits per heavy atom. The zero-order valence-electron chi connectivity index (χ0n) is 17.9. The number of hydrogen-bond donors (Lipinski definition) is 0. The summed E-state index contributed by atoms with van der Waals surface area (Å²) in [6.45, 7) is 5.46. The van der Waals surface area contributed by atoms with Crippen molar-refractivity contribution in [3.05, 3.63) is 47.7 Å². The van der Waals surface area contributed by atoms with Crippen LogP contribution < -0.4 is 0 Å². The van der Waals surface area contributed by atoms with E-state index in [9.17, 15) is 9.59 Å². The van der Waals surface area contributed by atoms with Crippen LogP contribution in [0.5, 0.6) is 0 Å². The van der Waals surface area contributed by atoms with E-state index in [0.717, 1.165) is 5.69 Å². The first-order valence-corrected chi connectivity index (χ1v) is 11.8. The smallest absolute Gasteiger partial charge is 0.233 e. The van der Waals surface area contributed by atoms with E-state index < -0.39 is 0 Å². The number of rotatable bonds is 6. The first-order valence-electron chi connectivity index (χ1n) is 10.4. The highest BCUT2D eigenvalue weighted by atomic mass is 35.5. The van der Waals surface area contributed by atoms with Gasteiger partial charge in [-0.15, -0.1) is 10.2 Å². The molecule has 1 unspecified atom stereocenters. The Hall–Kier alpha value is -2.78. The summed E-state index contributed by atoms with van der Waals surface area (Å²) >= 11 is 7.52. The van der Waals surface area contributed by atoms with Gasteiger partial charge in [-0.3, -0.25) is 14.2 Å². The highest BCUT2D eigenvalue weighted by Gasteiger charge is 2.29. The molecule has 1 aliphatic heterocycles. The minimum absolute atomic E-state index is 0.00522. The van der Waals surface area contributed by atoms with Gasteiger partial charge in [-0.25, -0.2) is 0 Å². The van der Waals surface area contributed by atoms with Gasteiger partial charge in [0.05, 0.1) is 17.7 Å². The van der Waals surface area contributed by atoms with Crippen LogP contribution >= 0.6 is 23.4 Å². The molecule has 1 saturated heterocycles. The van der Waals surface area contributed by atoms with Crippen LogP contribution in [0.2, 0.25) is 5.02 Å². The molecule has 10 heteroatoms. The minimum atomic E-state index is 0.00522. The lowest BCUT2D eigenvalue weighted by Crippen LogP contribution is -2.55. The number of carbonyl (C=O) groups excluding carboxylic acids is 2. The number of carbonyl (C=O) groups is 2. The second kappa shape index (κ2) is 9.79. The van der Waals surface area contributed by atoms with Crippen LogP contribution in [0.15, 0.2) is 52.2 Å². The highest BCUT2D eigenvalue weighted by Crippen LogP contribution is 2.29. The van der Waals surface area contributed by atoms with Crippen LogP contribution in [-0.4, -0.2) is 67.8 Å². The summed E-state index contributed by atoms with van der Waals surface area (Å²) < 4.78 is 7.36. The molecule has 0 N–H and O–H groups in total. The van der Waals surface area contributed by atoms with Crippen molar-refractivity contribution in [3.63, 3.8) is 0 Å².